The van der Waals surface area contributed by atoms with E-state index in [9.17, 15) is 0 Å². The van der Waals surface area contributed by atoms with Gasteiger partial charge in [0.1, 0.15) is 0 Å². The van der Waals surface area contributed by atoms with Crippen LogP contribution in [0, 0.1) is 13.8 Å². The molecule has 0 unspecified atom stereocenters. The normalized spacial score (nSPS) is 13.4. The van der Waals surface area contributed by atoms with Crippen molar-refractivity contribution in [3.8, 4) is 61.8 Å². The second kappa shape index (κ2) is 33.7. The number of para-hydroxylation sites is 5. The molecule has 5 nitrogen and oxygen atoms in total. The van der Waals surface area contributed by atoms with E-state index in [1.807, 2.05) is 137 Å². The maximum Gasteiger partial charge on any atom is 0.0629 e. The summed E-state index contributed by atoms with van der Waals surface area (Å²) < 4.78 is 139. The van der Waals surface area contributed by atoms with Crippen LogP contribution in [0.1, 0.15) is 153 Å². The first-order valence-corrected chi connectivity index (χ1v) is 41.3. The lowest BCUT2D eigenvalue weighted by atomic mass is 9.82. The highest BCUT2D eigenvalue weighted by Crippen LogP contribution is 2.48. The summed E-state index contributed by atoms with van der Waals surface area (Å²) in [5.41, 5.74) is 23.4. The van der Waals surface area contributed by atoms with E-state index in [2.05, 4.69) is 263 Å². The smallest absolute Gasteiger partial charge is 0.0629 e. The fourth-order valence-corrected chi connectivity index (χ4v) is 17.6. The predicted octanol–water partition coefficient (Wildman–Crippen LogP) is 33.4. The third-order valence-electron chi connectivity index (χ3n) is 22.9. The molecule has 0 aliphatic heterocycles. The average molecular weight is 1590 g/mol. The molecule has 602 valence electrons. The number of hydrogen-bond acceptors (Lipinski definition) is 0. The highest BCUT2D eigenvalue weighted by molar-refractivity contribution is 6.21. The SMILES string of the molecule is C.C.CC.CC.[2H]c1c([2H])c([2H])c(-c2cccc3c2c2c(C)c(-n4c5ccccc5c5ccccc54)ccc2n3-c2ccccc2)c([2H])c1[2H].[2H]c1c([2H])c([2H])c(-c2cccc3c2c2c(C)c(C(C)(C)C)ccc2n3-c2ccccc2)c([2H])c1[2H].[2H]c1c([2H])c([2H])c(-c2cccc3c2c2cc(-n4c5ccc(C(C)(C)C)cc5c5cc(C(C)(C)C)ccc54)ccc2n3-c2ccccc2)c([2H])c1[2H]. The number of rotatable bonds is 8. The van der Waals surface area contributed by atoms with Crippen LogP contribution in [-0.4, -0.2) is 22.8 Å². The molecule has 121 heavy (non-hydrogen) atoms. The van der Waals surface area contributed by atoms with Crippen LogP contribution in [0.25, 0.3) is 171 Å². The van der Waals surface area contributed by atoms with E-state index in [-0.39, 0.29) is 126 Å². The molecule has 0 radical (unpaired) electrons. The van der Waals surface area contributed by atoms with Crippen molar-refractivity contribution in [2.24, 2.45) is 0 Å². The van der Waals surface area contributed by atoms with Gasteiger partial charge in [0, 0.05) is 82.3 Å². The number of fused-ring (bicyclic) bond motifs is 15. The van der Waals surface area contributed by atoms with E-state index in [0.717, 1.165) is 127 Å². The molecule has 0 amide bonds. The molecule has 0 atom stereocenters. The summed E-state index contributed by atoms with van der Waals surface area (Å²) in [4.78, 5) is 0. The largest absolute Gasteiger partial charge is 0.309 e. The van der Waals surface area contributed by atoms with Crippen LogP contribution in [0.15, 0.2) is 364 Å². The predicted molar refractivity (Wildman–Crippen MR) is 529 cm³/mol. The second-order valence-corrected chi connectivity index (χ2v) is 33.0. The Morgan fingerprint density at radius 3 is 0.959 bits per heavy atom. The van der Waals surface area contributed by atoms with Gasteiger partial charge in [0.05, 0.1) is 75.7 Å². The Balaban J connectivity index is 0.000000154. The molecular weight excluding hydrogens is 1460 g/mol. The number of aryl methyl sites for hydroxylation is 2. The zero-order valence-electron chi connectivity index (χ0n) is 85.2. The van der Waals surface area contributed by atoms with E-state index in [1.165, 1.54) is 38.2 Å². The molecule has 16 aromatic carbocycles. The average Bonchev–Trinajstić information content (AvgIpc) is 1.56. The molecule has 21 aromatic rings. The Morgan fingerprint density at radius 2 is 0.545 bits per heavy atom. The van der Waals surface area contributed by atoms with Crippen molar-refractivity contribution in [3.05, 3.63) is 391 Å². The molecule has 21 rings (SSSR count). The van der Waals surface area contributed by atoms with E-state index >= 15 is 0 Å². The van der Waals surface area contributed by atoms with Gasteiger partial charge in [0.2, 0.25) is 0 Å². The molecule has 5 aromatic heterocycles. The molecular formula is C116H113N5. The summed E-state index contributed by atoms with van der Waals surface area (Å²) in [7, 11) is 0. The molecule has 0 spiro atoms. The van der Waals surface area contributed by atoms with E-state index < -0.39 is 12.1 Å². The zero-order chi connectivity index (χ0) is 95.7. The van der Waals surface area contributed by atoms with Crippen molar-refractivity contribution in [1.29, 1.82) is 0 Å². The molecule has 0 N–H and O–H groups in total. The van der Waals surface area contributed by atoms with Crippen LogP contribution in [-0.2, 0) is 16.2 Å². The summed E-state index contributed by atoms with van der Waals surface area (Å²) >= 11 is 0. The topological polar surface area (TPSA) is 24.6 Å². The van der Waals surface area contributed by atoms with Gasteiger partial charge in [-0.1, -0.05) is 341 Å². The molecule has 0 aliphatic rings. The maximum atomic E-state index is 8.90. The third kappa shape index (κ3) is 14.7. The van der Waals surface area contributed by atoms with Crippen molar-refractivity contribution in [1.82, 2.24) is 22.8 Å². The fraction of sp³-hybridized carbons (Fsp3) is 0.172. The van der Waals surface area contributed by atoms with Crippen LogP contribution in [0.5, 0.6) is 0 Å². The van der Waals surface area contributed by atoms with E-state index in [4.69, 9.17) is 20.6 Å². The lowest BCUT2D eigenvalue weighted by Gasteiger charge is -2.22. The molecule has 0 fully saturated rings. The fourth-order valence-electron chi connectivity index (χ4n) is 17.6. The lowest BCUT2D eigenvalue weighted by Crippen LogP contribution is -2.13. The minimum absolute atomic E-state index is 0. The van der Waals surface area contributed by atoms with Crippen LogP contribution < -0.4 is 0 Å². The summed E-state index contributed by atoms with van der Waals surface area (Å²) in [6, 6.07) is 89.0. The Kier molecular flexibility index (Phi) is 18.2. The molecule has 0 bridgehead atoms. The maximum absolute atomic E-state index is 8.90. The Labute approximate surface area is 736 Å². The summed E-state index contributed by atoms with van der Waals surface area (Å²) in [6.07, 6.45) is 0. The van der Waals surface area contributed by atoms with Crippen molar-refractivity contribution in [2.75, 3.05) is 0 Å². The first-order chi connectivity index (χ1) is 64.1. The van der Waals surface area contributed by atoms with Crippen molar-refractivity contribution in [3.63, 3.8) is 0 Å². The van der Waals surface area contributed by atoms with E-state index in [1.54, 1.807) is 0 Å². The van der Waals surface area contributed by atoms with E-state index in [0.29, 0.717) is 16.7 Å². The van der Waals surface area contributed by atoms with Crippen molar-refractivity contribution >= 4 is 109 Å². The second-order valence-electron chi connectivity index (χ2n) is 33.0. The van der Waals surface area contributed by atoms with Gasteiger partial charge >= 0.3 is 0 Å². The lowest BCUT2D eigenvalue weighted by molar-refractivity contribution is 0.587. The Morgan fingerprint density at radius 1 is 0.231 bits per heavy atom. The summed E-state index contributed by atoms with van der Waals surface area (Å²) in [5, 5.41) is 10.3. The Bertz CT molecular complexity index is 8090. The standard InChI is InChI=1S/C44H40N2.C37H26N2.C29H27N.2C2H6.2CH4/c1-43(2,3)30-20-23-38-35(26-30)36-27-31(44(4,5)6)21-24-39(36)46(38)33-22-25-40-37(28-33)42-34(29-14-9-7-10-15-29)18-13-19-41(42)45(40)32-16-11-8-12-17-32;1-25-31(39-32-20-10-8-17-29(32)30-18-9-11-21-33(30)39)23-24-35-36(25)37-28(26-13-4-2-5-14-26)19-12-22-34(37)38(35)27-15-6-3-7-16-27;1-20-24(29(2,3)4)18-19-26-27(20)28-23(21-12-7-5-8-13-21)16-11-17-25(28)30(26)22-14-9-6-10-15-22;2*1-2;;/h7-28H,1-6H3;2-24H,1H3;5-19H,1-4H3;2*1-2H3;2*1H4/i7D,9D,10D,14D,15D;2D,4D,5D,13D,14D;5D,7D,8D,12D,13D;;;;. The minimum atomic E-state index is -0.398. The van der Waals surface area contributed by atoms with Crippen LogP contribution >= 0.6 is 0 Å². The Hall–Kier alpha value is -13.5. The van der Waals surface area contributed by atoms with Gasteiger partial charge in [-0.25, -0.2) is 0 Å². The van der Waals surface area contributed by atoms with Crippen LogP contribution in [0.4, 0.5) is 0 Å². The minimum Gasteiger partial charge on any atom is -0.309 e. The van der Waals surface area contributed by atoms with Crippen molar-refractivity contribution < 1.29 is 20.6 Å². The molecule has 5 heterocycles. The molecule has 0 saturated carbocycles. The van der Waals surface area contributed by atoms with Gasteiger partial charge in [-0.3, -0.25) is 0 Å². The van der Waals surface area contributed by atoms with Crippen LogP contribution in [0.3, 0.4) is 0 Å². The van der Waals surface area contributed by atoms with Gasteiger partial charge in [-0.05, 0) is 219 Å². The monoisotopic (exact) mass is 1590 g/mol. The van der Waals surface area contributed by atoms with Crippen LogP contribution in [0.2, 0.25) is 0 Å². The van der Waals surface area contributed by atoms with Gasteiger partial charge in [-0.15, -0.1) is 0 Å². The van der Waals surface area contributed by atoms with Gasteiger partial charge in [0.25, 0.3) is 0 Å². The number of benzene rings is 16. The summed E-state index contributed by atoms with van der Waals surface area (Å²) in [5.74, 6) is 0. The van der Waals surface area contributed by atoms with Gasteiger partial charge in [0.15, 0.2) is 0 Å². The summed E-state index contributed by atoms with van der Waals surface area (Å²) in [6.45, 7) is 32.3. The van der Waals surface area contributed by atoms with Gasteiger partial charge < -0.3 is 22.8 Å². The number of hydrogen-bond donors (Lipinski definition) is 0. The molecule has 0 aliphatic carbocycles. The quantitative estimate of drug-likeness (QED) is 0.145. The molecule has 5 heteroatoms. The highest BCUT2D eigenvalue weighted by Gasteiger charge is 2.28. The third-order valence-corrected chi connectivity index (χ3v) is 22.9. The number of aromatic nitrogens is 5. The number of nitrogens with zero attached hydrogens (tertiary/aromatic N) is 5. The highest BCUT2D eigenvalue weighted by atomic mass is 15.0. The molecule has 0 saturated heterocycles. The first kappa shape index (κ1) is 65.5. The zero-order valence-corrected chi connectivity index (χ0v) is 70.2. The van der Waals surface area contributed by atoms with Gasteiger partial charge in [-0.2, -0.15) is 0 Å². The first-order valence-electron chi connectivity index (χ1n) is 48.8. The van der Waals surface area contributed by atoms with Crippen molar-refractivity contribution in [2.45, 2.75) is 135 Å².